The largest absolute Gasteiger partial charge is 0.481 e. The summed E-state index contributed by atoms with van der Waals surface area (Å²) in [5, 5.41) is 8.88. The van der Waals surface area contributed by atoms with Crippen LogP contribution in [0.4, 0.5) is 0 Å². The highest BCUT2D eigenvalue weighted by atomic mass is 16.4. The molecule has 0 saturated carbocycles. The lowest BCUT2D eigenvalue weighted by Gasteiger charge is -2.24. The second kappa shape index (κ2) is 3.56. The van der Waals surface area contributed by atoms with Crippen LogP contribution >= 0.6 is 0 Å². The van der Waals surface area contributed by atoms with Gasteiger partial charge in [-0.25, -0.2) is 0 Å². The maximum atomic E-state index is 10.8. The molecule has 2 heteroatoms. The van der Waals surface area contributed by atoms with Crippen LogP contribution in [-0.4, -0.2) is 11.1 Å². The molecule has 0 aliphatic heterocycles. The van der Waals surface area contributed by atoms with Gasteiger partial charge in [-0.15, -0.1) is 0 Å². The molecule has 1 N–H and O–H groups in total. The minimum absolute atomic E-state index is 0.121. The van der Waals surface area contributed by atoms with Gasteiger partial charge in [-0.05, 0) is 19.8 Å². The quantitative estimate of drug-likeness (QED) is 0.636. The van der Waals surface area contributed by atoms with Gasteiger partial charge in [0, 0.05) is 0 Å². The second-order valence-corrected chi connectivity index (χ2v) is 3.24. The van der Waals surface area contributed by atoms with E-state index in [2.05, 4.69) is 0 Å². The Hall–Kier alpha value is -0.790. The Morgan fingerprint density at radius 3 is 2.09 bits per heavy atom. The number of rotatable bonds is 3. The van der Waals surface area contributed by atoms with E-state index in [9.17, 15) is 4.79 Å². The van der Waals surface area contributed by atoms with Crippen LogP contribution in [0.25, 0.3) is 0 Å². The van der Waals surface area contributed by atoms with Crippen molar-refractivity contribution >= 4 is 5.97 Å². The fraction of sp³-hybridized carbons (Fsp3) is 0.667. The first-order chi connectivity index (χ1) is 4.95. The lowest BCUT2D eigenvalue weighted by Crippen LogP contribution is -2.30. The van der Waals surface area contributed by atoms with E-state index in [1.807, 2.05) is 20.8 Å². The summed E-state index contributed by atoms with van der Waals surface area (Å²) in [6, 6.07) is 0. The Morgan fingerprint density at radius 1 is 1.55 bits per heavy atom. The van der Waals surface area contributed by atoms with Crippen molar-refractivity contribution in [2.75, 3.05) is 0 Å². The molecule has 0 aliphatic rings. The summed E-state index contributed by atoms with van der Waals surface area (Å²) < 4.78 is 0. The van der Waals surface area contributed by atoms with E-state index in [0.717, 1.165) is 0 Å². The molecule has 0 aliphatic carbocycles. The molecule has 0 aromatic rings. The Labute approximate surface area is 67.9 Å². The van der Waals surface area contributed by atoms with Crippen LogP contribution in [-0.2, 0) is 4.79 Å². The summed E-state index contributed by atoms with van der Waals surface area (Å²) >= 11 is 0. The van der Waals surface area contributed by atoms with Crippen LogP contribution in [0.15, 0.2) is 12.2 Å². The lowest BCUT2D eigenvalue weighted by molar-refractivity contribution is -0.147. The molecule has 0 radical (unpaired) electrons. The number of carbonyl (C=O) groups is 1. The van der Waals surface area contributed by atoms with E-state index in [-0.39, 0.29) is 5.92 Å². The van der Waals surface area contributed by atoms with Crippen molar-refractivity contribution in [3.8, 4) is 0 Å². The average molecular weight is 156 g/mol. The molecule has 1 unspecified atom stereocenters. The lowest BCUT2D eigenvalue weighted by atomic mass is 9.79. The molecule has 64 valence electrons. The maximum absolute atomic E-state index is 10.8. The number of hydrogen-bond acceptors (Lipinski definition) is 1. The number of hydrogen-bond donors (Lipinski definition) is 1. The zero-order chi connectivity index (χ0) is 9.07. The highest BCUT2D eigenvalue weighted by Gasteiger charge is 2.33. The minimum atomic E-state index is -0.759. The molecule has 0 bridgehead atoms. The summed E-state index contributed by atoms with van der Waals surface area (Å²) in [7, 11) is 0. The summed E-state index contributed by atoms with van der Waals surface area (Å²) in [5.41, 5.74) is -0.714. The van der Waals surface area contributed by atoms with Crippen LogP contribution in [0, 0.1) is 11.3 Å². The molecule has 11 heavy (non-hydrogen) atoms. The van der Waals surface area contributed by atoms with Crippen molar-refractivity contribution in [1.82, 2.24) is 0 Å². The van der Waals surface area contributed by atoms with Gasteiger partial charge < -0.3 is 5.11 Å². The molecular formula is C9H16O2. The first kappa shape index (κ1) is 10.2. The Bertz CT molecular complexity index is 170. The fourth-order valence-corrected chi connectivity index (χ4v) is 0.857. The normalized spacial score (nSPS) is 17.2. The number of aliphatic carboxylic acids is 1. The van der Waals surface area contributed by atoms with Gasteiger partial charge in [0.25, 0.3) is 0 Å². The SMILES string of the molecule is C/C=C/C(C)(C(=O)O)C(C)C. The van der Waals surface area contributed by atoms with Gasteiger partial charge in [0.1, 0.15) is 0 Å². The Balaban J connectivity index is 4.66. The maximum Gasteiger partial charge on any atom is 0.313 e. The van der Waals surface area contributed by atoms with Crippen LogP contribution in [0.3, 0.4) is 0 Å². The summed E-state index contributed by atoms with van der Waals surface area (Å²) in [4.78, 5) is 10.8. The summed E-state index contributed by atoms with van der Waals surface area (Å²) in [6.45, 7) is 7.39. The molecule has 0 spiro atoms. The van der Waals surface area contributed by atoms with Crippen molar-refractivity contribution in [3.63, 3.8) is 0 Å². The second-order valence-electron chi connectivity index (χ2n) is 3.24. The third kappa shape index (κ3) is 2.07. The summed E-state index contributed by atoms with van der Waals surface area (Å²) in [5.74, 6) is -0.637. The van der Waals surface area contributed by atoms with Crippen molar-refractivity contribution in [2.45, 2.75) is 27.7 Å². The van der Waals surface area contributed by atoms with E-state index in [4.69, 9.17) is 5.11 Å². The van der Waals surface area contributed by atoms with Gasteiger partial charge in [-0.1, -0.05) is 26.0 Å². The molecule has 0 aromatic carbocycles. The van der Waals surface area contributed by atoms with Crippen molar-refractivity contribution < 1.29 is 9.90 Å². The number of carboxylic acid groups (broad SMARTS) is 1. The van der Waals surface area contributed by atoms with Gasteiger partial charge >= 0.3 is 5.97 Å². The van der Waals surface area contributed by atoms with Crippen LogP contribution < -0.4 is 0 Å². The first-order valence-electron chi connectivity index (χ1n) is 3.82. The van der Waals surface area contributed by atoms with Crippen molar-refractivity contribution in [2.24, 2.45) is 11.3 Å². The van der Waals surface area contributed by atoms with Crippen LogP contribution in [0.2, 0.25) is 0 Å². The molecule has 2 nitrogen and oxygen atoms in total. The van der Waals surface area contributed by atoms with E-state index >= 15 is 0 Å². The van der Waals surface area contributed by atoms with E-state index in [1.54, 1.807) is 19.1 Å². The van der Waals surface area contributed by atoms with E-state index in [0.29, 0.717) is 0 Å². The van der Waals surface area contributed by atoms with Crippen molar-refractivity contribution in [1.29, 1.82) is 0 Å². The molecule has 1 atom stereocenters. The van der Waals surface area contributed by atoms with E-state index < -0.39 is 11.4 Å². The summed E-state index contributed by atoms with van der Waals surface area (Å²) in [6.07, 6.45) is 3.52. The predicted octanol–water partition coefficient (Wildman–Crippen LogP) is 2.31. The zero-order valence-electron chi connectivity index (χ0n) is 7.59. The van der Waals surface area contributed by atoms with Gasteiger partial charge in [0.05, 0.1) is 5.41 Å². The standard InChI is InChI=1S/C9H16O2/c1-5-6-9(4,7(2)3)8(10)11/h5-7H,1-4H3,(H,10,11)/b6-5+. The van der Waals surface area contributed by atoms with Crippen LogP contribution in [0.1, 0.15) is 27.7 Å². The van der Waals surface area contributed by atoms with Gasteiger partial charge in [-0.2, -0.15) is 0 Å². The highest BCUT2D eigenvalue weighted by Crippen LogP contribution is 2.28. The Morgan fingerprint density at radius 2 is 2.00 bits per heavy atom. The van der Waals surface area contributed by atoms with Crippen molar-refractivity contribution in [3.05, 3.63) is 12.2 Å². The highest BCUT2D eigenvalue weighted by molar-refractivity contribution is 5.76. The van der Waals surface area contributed by atoms with Gasteiger partial charge in [-0.3, -0.25) is 4.79 Å². The average Bonchev–Trinajstić information content (AvgIpc) is 1.87. The molecule has 0 heterocycles. The molecule has 0 amide bonds. The third-order valence-corrected chi connectivity index (χ3v) is 2.17. The molecule has 0 fully saturated rings. The predicted molar refractivity (Wildman–Crippen MR) is 45.4 cm³/mol. The smallest absolute Gasteiger partial charge is 0.313 e. The van der Waals surface area contributed by atoms with E-state index in [1.165, 1.54) is 0 Å². The molecule has 0 aromatic heterocycles. The zero-order valence-corrected chi connectivity index (χ0v) is 7.59. The van der Waals surface area contributed by atoms with Gasteiger partial charge in [0.2, 0.25) is 0 Å². The number of allylic oxidation sites excluding steroid dienone is 1. The fourth-order valence-electron chi connectivity index (χ4n) is 0.857. The molecule has 0 saturated heterocycles. The number of carboxylic acids is 1. The monoisotopic (exact) mass is 156 g/mol. The van der Waals surface area contributed by atoms with Crippen LogP contribution in [0.5, 0.6) is 0 Å². The Kier molecular flexibility index (Phi) is 3.30. The first-order valence-corrected chi connectivity index (χ1v) is 3.82. The molecular weight excluding hydrogens is 140 g/mol. The third-order valence-electron chi connectivity index (χ3n) is 2.17. The molecule has 0 rings (SSSR count). The minimum Gasteiger partial charge on any atom is -0.481 e. The van der Waals surface area contributed by atoms with Gasteiger partial charge in [0.15, 0.2) is 0 Å². The topological polar surface area (TPSA) is 37.3 Å².